The summed E-state index contributed by atoms with van der Waals surface area (Å²) in [4.78, 5) is 39.3. The van der Waals surface area contributed by atoms with E-state index in [1.54, 1.807) is 65.6 Å². The SMILES string of the molecule is O=C(O[C@@H](C(=O)Nc1ccccc1)c1ccccc1)c1ccc(N2CCCC2=O)cc1. The van der Waals surface area contributed by atoms with Crippen LogP contribution in [0.15, 0.2) is 84.9 Å². The molecule has 3 aromatic rings. The van der Waals surface area contributed by atoms with Crippen molar-refractivity contribution in [2.75, 3.05) is 16.8 Å². The lowest BCUT2D eigenvalue weighted by Gasteiger charge is -2.19. The van der Waals surface area contributed by atoms with E-state index >= 15 is 0 Å². The van der Waals surface area contributed by atoms with E-state index in [9.17, 15) is 14.4 Å². The van der Waals surface area contributed by atoms with Gasteiger partial charge in [-0.25, -0.2) is 4.79 Å². The lowest BCUT2D eigenvalue weighted by molar-refractivity contribution is -0.125. The fraction of sp³-hybridized carbons (Fsp3) is 0.160. The van der Waals surface area contributed by atoms with E-state index in [0.29, 0.717) is 29.8 Å². The molecule has 0 radical (unpaired) electrons. The fourth-order valence-electron chi connectivity index (χ4n) is 3.50. The van der Waals surface area contributed by atoms with Gasteiger partial charge in [-0.15, -0.1) is 0 Å². The summed E-state index contributed by atoms with van der Waals surface area (Å²) < 4.78 is 5.61. The van der Waals surface area contributed by atoms with Crippen LogP contribution in [0.2, 0.25) is 0 Å². The van der Waals surface area contributed by atoms with E-state index in [4.69, 9.17) is 4.74 Å². The molecule has 1 N–H and O–H groups in total. The molecule has 6 nitrogen and oxygen atoms in total. The molecule has 1 heterocycles. The molecule has 1 fully saturated rings. The highest BCUT2D eigenvalue weighted by molar-refractivity contribution is 5.99. The minimum absolute atomic E-state index is 0.0806. The maximum atomic E-state index is 12.9. The van der Waals surface area contributed by atoms with Crippen molar-refractivity contribution in [3.8, 4) is 0 Å². The summed E-state index contributed by atoms with van der Waals surface area (Å²) in [6.07, 6.45) is 0.269. The van der Waals surface area contributed by atoms with E-state index in [1.165, 1.54) is 0 Å². The Hall–Kier alpha value is -3.93. The van der Waals surface area contributed by atoms with Crippen LogP contribution in [0.1, 0.15) is 34.9 Å². The Kier molecular flexibility index (Phi) is 6.08. The molecule has 31 heavy (non-hydrogen) atoms. The predicted octanol–water partition coefficient (Wildman–Crippen LogP) is 4.35. The molecule has 0 aromatic heterocycles. The van der Waals surface area contributed by atoms with Crippen LogP contribution in [-0.4, -0.2) is 24.3 Å². The second-order valence-corrected chi connectivity index (χ2v) is 7.25. The maximum Gasteiger partial charge on any atom is 0.339 e. The Bertz CT molecular complexity index is 1070. The van der Waals surface area contributed by atoms with Gasteiger partial charge < -0.3 is 15.0 Å². The van der Waals surface area contributed by atoms with Crippen LogP contribution in [-0.2, 0) is 14.3 Å². The van der Waals surface area contributed by atoms with Crippen LogP contribution in [0, 0.1) is 0 Å². The van der Waals surface area contributed by atoms with Crippen LogP contribution in [0.5, 0.6) is 0 Å². The van der Waals surface area contributed by atoms with E-state index in [0.717, 1.165) is 12.1 Å². The first-order chi connectivity index (χ1) is 15.1. The monoisotopic (exact) mass is 414 g/mol. The summed E-state index contributed by atoms with van der Waals surface area (Å²) >= 11 is 0. The van der Waals surface area contributed by atoms with Gasteiger partial charge in [0.25, 0.3) is 5.91 Å². The zero-order chi connectivity index (χ0) is 21.6. The molecule has 1 atom stereocenters. The van der Waals surface area contributed by atoms with Crippen molar-refractivity contribution in [1.82, 2.24) is 0 Å². The smallest absolute Gasteiger partial charge is 0.339 e. The van der Waals surface area contributed by atoms with E-state index < -0.39 is 18.0 Å². The number of nitrogens with zero attached hydrogens (tertiary/aromatic N) is 1. The number of hydrogen-bond acceptors (Lipinski definition) is 4. The summed E-state index contributed by atoms with van der Waals surface area (Å²) in [6, 6.07) is 24.6. The van der Waals surface area contributed by atoms with Gasteiger partial charge in [-0.2, -0.15) is 0 Å². The molecular formula is C25H22N2O4. The molecule has 1 aliphatic rings. The summed E-state index contributed by atoms with van der Waals surface area (Å²) in [5, 5.41) is 2.79. The van der Waals surface area contributed by atoms with Crippen LogP contribution >= 0.6 is 0 Å². The standard InChI is InChI=1S/C25H22N2O4/c28-22-12-7-17-27(22)21-15-13-19(14-16-21)25(30)31-23(18-8-3-1-4-9-18)24(29)26-20-10-5-2-6-11-20/h1-6,8-11,13-16,23H,7,12,17H2,(H,26,29)/t23-/m1/s1. The van der Waals surface area contributed by atoms with Gasteiger partial charge in [0, 0.05) is 29.9 Å². The molecule has 1 aliphatic heterocycles. The van der Waals surface area contributed by atoms with Gasteiger partial charge >= 0.3 is 5.97 Å². The third-order valence-corrected chi connectivity index (χ3v) is 5.09. The van der Waals surface area contributed by atoms with Crippen LogP contribution in [0.4, 0.5) is 11.4 Å². The molecule has 1 saturated heterocycles. The number of nitrogens with one attached hydrogen (secondary N) is 1. The lowest BCUT2D eigenvalue weighted by atomic mass is 10.1. The molecule has 156 valence electrons. The lowest BCUT2D eigenvalue weighted by Crippen LogP contribution is -2.26. The maximum absolute atomic E-state index is 12.9. The molecule has 6 heteroatoms. The number of hydrogen-bond donors (Lipinski definition) is 1. The number of anilines is 2. The second-order valence-electron chi connectivity index (χ2n) is 7.25. The number of amides is 2. The molecule has 0 aliphatic carbocycles. The van der Waals surface area contributed by atoms with Crippen molar-refractivity contribution in [2.24, 2.45) is 0 Å². The third kappa shape index (κ3) is 4.80. The first-order valence-electron chi connectivity index (χ1n) is 10.1. The van der Waals surface area contributed by atoms with Gasteiger partial charge in [0.05, 0.1) is 5.56 Å². The third-order valence-electron chi connectivity index (χ3n) is 5.09. The first-order valence-corrected chi connectivity index (χ1v) is 10.1. The van der Waals surface area contributed by atoms with E-state index in [2.05, 4.69) is 5.32 Å². The van der Waals surface area contributed by atoms with E-state index in [1.807, 2.05) is 24.3 Å². The summed E-state index contributed by atoms with van der Waals surface area (Å²) in [5.41, 5.74) is 2.25. The molecule has 0 unspecified atom stereocenters. The number of ether oxygens (including phenoxy) is 1. The highest BCUT2D eigenvalue weighted by Gasteiger charge is 2.26. The summed E-state index contributed by atoms with van der Waals surface area (Å²) in [7, 11) is 0. The highest BCUT2D eigenvalue weighted by atomic mass is 16.5. The van der Waals surface area contributed by atoms with E-state index in [-0.39, 0.29) is 5.91 Å². The Balaban J connectivity index is 1.51. The normalized spacial score (nSPS) is 14.2. The Labute approximate surface area is 180 Å². The molecule has 3 aromatic carbocycles. The van der Waals surface area contributed by atoms with Crippen molar-refractivity contribution in [3.63, 3.8) is 0 Å². The highest BCUT2D eigenvalue weighted by Crippen LogP contribution is 2.24. The van der Waals surface area contributed by atoms with Crippen LogP contribution in [0.3, 0.4) is 0 Å². The van der Waals surface area contributed by atoms with Gasteiger partial charge in [0.15, 0.2) is 0 Å². The van der Waals surface area contributed by atoms with Crippen LogP contribution < -0.4 is 10.2 Å². The van der Waals surface area contributed by atoms with Gasteiger partial charge in [-0.05, 0) is 42.8 Å². The number of esters is 1. The number of benzene rings is 3. The van der Waals surface area contributed by atoms with Gasteiger partial charge in [0.2, 0.25) is 12.0 Å². The molecule has 0 saturated carbocycles. The van der Waals surface area contributed by atoms with Gasteiger partial charge in [-0.1, -0.05) is 48.5 Å². The number of rotatable bonds is 6. The van der Waals surface area contributed by atoms with Crippen molar-refractivity contribution in [2.45, 2.75) is 18.9 Å². The average Bonchev–Trinajstić information content (AvgIpc) is 3.24. The van der Waals surface area contributed by atoms with Gasteiger partial charge in [0.1, 0.15) is 0 Å². The summed E-state index contributed by atoms with van der Waals surface area (Å²) in [5.74, 6) is -0.974. The zero-order valence-corrected chi connectivity index (χ0v) is 16.9. The molecule has 2 amide bonds. The summed E-state index contributed by atoms with van der Waals surface area (Å²) in [6.45, 7) is 0.679. The predicted molar refractivity (Wildman–Crippen MR) is 118 cm³/mol. The number of carbonyl (C=O) groups is 3. The fourth-order valence-corrected chi connectivity index (χ4v) is 3.50. The largest absolute Gasteiger partial charge is 0.444 e. The molecular weight excluding hydrogens is 392 g/mol. The molecule has 0 bridgehead atoms. The molecule has 4 rings (SSSR count). The second kappa shape index (κ2) is 9.26. The van der Waals surface area contributed by atoms with Crippen molar-refractivity contribution in [3.05, 3.63) is 96.1 Å². The Morgan fingerprint density at radius 2 is 1.52 bits per heavy atom. The molecule has 0 spiro atoms. The number of carbonyl (C=O) groups excluding carboxylic acids is 3. The minimum atomic E-state index is -1.10. The van der Waals surface area contributed by atoms with Crippen LogP contribution in [0.25, 0.3) is 0 Å². The minimum Gasteiger partial charge on any atom is -0.444 e. The average molecular weight is 414 g/mol. The zero-order valence-electron chi connectivity index (χ0n) is 16.9. The number of para-hydroxylation sites is 1. The van der Waals surface area contributed by atoms with Crippen molar-refractivity contribution < 1.29 is 19.1 Å². The Morgan fingerprint density at radius 1 is 0.871 bits per heavy atom. The topological polar surface area (TPSA) is 75.7 Å². The first kappa shape index (κ1) is 20.3. The van der Waals surface area contributed by atoms with Crippen molar-refractivity contribution >= 4 is 29.2 Å². The Morgan fingerprint density at radius 3 is 2.13 bits per heavy atom. The van der Waals surface area contributed by atoms with Crippen molar-refractivity contribution in [1.29, 1.82) is 0 Å². The van der Waals surface area contributed by atoms with Gasteiger partial charge in [-0.3, -0.25) is 9.59 Å². The quantitative estimate of drug-likeness (QED) is 0.609.